The molecule has 2 aromatic carbocycles. The Morgan fingerprint density at radius 3 is 2.50 bits per heavy atom. The van der Waals surface area contributed by atoms with Crippen molar-refractivity contribution in [2.24, 2.45) is 0 Å². The lowest BCUT2D eigenvalue weighted by atomic mass is 9.94. The molecule has 2 heterocycles. The van der Waals surface area contributed by atoms with Crippen LogP contribution >= 0.6 is 11.6 Å². The molecule has 0 aromatic heterocycles. The monoisotopic (exact) mass is 484 g/mol. The van der Waals surface area contributed by atoms with Crippen LogP contribution < -0.4 is 20.3 Å². The third kappa shape index (κ3) is 5.13. The highest BCUT2D eigenvalue weighted by Gasteiger charge is 2.35. The van der Waals surface area contributed by atoms with Crippen molar-refractivity contribution in [2.75, 3.05) is 51.3 Å². The van der Waals surface area contributed by atoms with Crippen molar-refractivity contribution in [3.63, 3.8) is 0 Å². The van der Waals surface area contributed by atoms with Crippen LogP contribution in [0.3, 0.4) is 0 Å². The molecule has 1 atom stereocenters. The largest absolute Gasteiger partial charge is 0.495 e. The van der Waals surface area contributed by atoms with Gasteiger partial charge in [0.05, 0.1) is 31.0 Å². The summed E-state index contributed by atoms with van der Waals surface area (Å²) in [7, 11) is 1.67. The molecule has 2 aliphatic heterocycles. The smallest absolute Gasteiger partial charge is 0.338 e. The van der Waals surface area contributed by atoms with E-state index < -0.39 is 12.0 Å². The van der Waals surface area contributed by atoms with Gasteiger partial charge in [-0.05, 0) is 30.7 Å². The number of piperazine rings is 1. The van der Waals surface area contributed by atoms with Crippen molar-refractivity contribution < 1.29 is 19.1 Å². The number of anilines is 1. The molecule has 0 spiro atoms. The summed E-state index contributed by atoms with van der Waals surface area (Å²) in [5.74, 6) is 0.374. The summed E-state index contributed by atoms with van der Waals surface area (Å²) in [5, 5.41) is 6.15. The number of ether oxygens (including phenoxy) is 2. The Morgan fingerprint density at radius 1 is 1.09 bits per heavy atom. The molecule has 0 radical (unpaired) electrons. The van der Waals surface area contributed by atoms with Crippen LogP contribution in [0.25, 0.3) is 0 Å². The van der Waals surface area contributed by atoms with E-state index in [4.69, 9.17) is 21.1 Å². The summed E-state index contributed by atoms with van der Waals surface area (Å²) in [5.41, 5.74) is 2.63. The van der Waals surface area contributed by atoms with Crippen molar-refractivity contribution in [2.45, 2.75) is 13.0 Å². The molecule has 1 fully saturated rings. The highest BCUT2D eigenvalue weighted by Crippen LogP contribution is 2.33. The summed E-state index contributed by atoms with van der Waals surface area (Å²) in [6.07, 6.45) is 0. The van der Waals surface area contributed by atoms with Crippen LogP contribution in [0.5, 0.6) is 5.75 Å². The number of urea groups is 1. The number of hydrogen-bond donors (Lipinski definition) is 2. The molecule has 2 aliphatic rings. The number of nitrogens with one attached hydrogen (secondary N) is 2. The minimum Gasteiger partial charge on any atom is -0.495 e. The Morgan fingerprint density at radius 2 is 1.79 bits per heavy atom. The summed E-state index contributed by atoms with van der Waals surface area (Å²) in [6.45, 7) is 5.52. The van der Waals surface area contributed by atoms with E-state index in [1.54, 1.807) is 20.1 Å². The molecule has 9 heteroatoms. The van der Waals surface area contributed by atoms with Gasteiger partial charge in [0.1, 0.15) is 5.75 Å². The van der Waals surface area contributed by atoms with Crippen LogP contribution in [0.1, 0.15) is 18.5 Å². The fraction of sp³-hybridized carbons (Fsp3) is 0.360. The van der Waals surface area contributed by atoms with E-state index >= 15 is 0 Å². The van der Waals surface area contributed by atoms with Crippen molar-refractivity contribution in [3.8, 4) is 5.75 Å². The average molecular weight is 485 g/mol. The molecule has 0 aliphatic carbocycles. The quantitative estimate of drug-likeness (QED) is 0.586. The molecule has 34 heavy (non-hydrogen) atoms. The number of carbonyl (C=O) groups is 2. The molecule has 1 unspecified atom stereocenters. The molecule has 0 saturated carbocycles. The molecule has 1 saturated heterocycles. The van der Waals surface area contributed by atoms with Crippen LogP contribution in [0, 0.1) is 0 Å². The molecule has 2 amide bonds. The number of amides is 2. The maximum absolute atomic E-state index is 13.0. The first-order chi connectivity index (χ1) is 16.5. The van der Waals surface area contributed by atoms with E-state index in [0.29, 0.717) is 28.4 Å². The lowest BCUT2D eigenvalue weighted by Gasteiger charge is -2.38. The van der Waals surface area contributed by atoms with Crippen molar-refractivity contribution >= 4 is 29.3 Å². The second-order valence-corrected chi connectivity index (χ2v) is 8.51. The molecular weight excluding hydrogens is 456 g/mol. The van der Waals surface area contributed by atoms with Crippen LogP contribution in [0.2, 0.25) is 5.02 Å². The first-order valence-electron chi connectivity index (χ1n) is 11.3. The van der Waals surface area contributed by atoms with E-state index in [1.165, 1.54) is 0 Å². The number of carbonyl (C=O) groups excluding carboxylic acids is 2. The van der Waals surface area contributed by atoms with Gasteiger partial charge in [-0.25, -0.2) is 9.59 Å². The molecular formula is C25H29ClN4O4. The van der Waals surface area contributed by atoms with E-state index in [-0.39, 0.29) is 12.6 Å². The third-order valence-electron chi connectivity index (χ3n) is 6.05. The van der Waals surface area contributed by atoms with Gasteiger partial charge in [-0.15, -0.1) is 0 Å². The highest BCUT2D eigenvalue weighted by atomic mass is 35.5. The van der Waals surface area contributed by atoms with Crippen LogP contribution in [-0.2, 0) is 9.53 Å². The van der Waals surface area contributed by atoms with E-state index in [2.05, 4.69) is 26.5 Å². The van der Waals surface area contributed by atoms with Crippen LogP contribution in [0.4, 0.5) is 10.5 Å². The second kappa shape index (κ2) is 10.8. The molecule has 8 nitrogen and oxygen atoms in total. The molecule has 2 aromatic rings. The highest BCUT2D eigenvalue weighted by molar-refractivity contribution is 6.31. The fourth-order valence-electron chi connectivity index (χ4n) is 4.40. The molecule has 4 rings (SSSR count). The second-order valence-electron chi connectivity index (χ2n) is 8.10. The summed E-state index contributed by atoms with van der Waals surface area (Å²) >= 11 is 6.42. The standard InChI is InChI=1S/C25H29ClN4O4/c1-3-34-24(31)22-19(27-25(32)28-23(22)17-8-4-5-9-18(17)26)16-29-12-14-30(15-13-29)20-10-6-7-11-21(20)33-2/h4-11,23H,3,12-16H2,1-2H3,(H2,27,28,32). The van der Waals surface area contributed by atoms with Crippen molar-refractivity contribution in [1.82, 2.24) is 15.5 Å². The van der Waals surface area contributed by atoms with E-state index in [1.807, 2.05) is 36.4 Å². The lowest BCUT2D eigenvalue weighted by molar-refractivity contribution is -0.139. The number of rotatable bonds is 7. The van der Waals surface area contributed by atoms with Gasteiger partial charge in [0.25, 0.3) is 0 Å². The first-order valence-corrected chi connectivity index (χ1v) is 11.7. The third-order valence-corrected chi connectivity index (χ3v) is 6.39. The summed E-state index contributed by atoms with van der Waals surface area (Å²) < 4.78 is 10.9. The van der Waals surface area contributed by atoms with Gasteiger partial charge in [0, 0.05) is 43.4 Å². The van der Waals surface area contributed by atoms with Crippen LogP contribution in [0.15, 0.2) is 59.8 Å². The van der Waals surface area contributed by atoms with Gasteiger partial charge < -0.3 is 25.0 Å². The molecule has 0 bridgehead atoms. The maximum Gasteiger partial charge on any atom is 0.338 e. The minimum absolute atomic E-state index is 0.233. The van der Waals surface area contributed by atoms with E-state index in [9.17, 15) is 9.59 Å². The number of esters is 1. The fourth-order valence-corrected chi connectivity index (χ4v) is 4.64. The van der Waals surface area contributed by atoms with E-state index in [0.717, 1.165) is 37.6 Å². The topological polar surface area (TPSA) is 83.1 Å². The van der Waals surface area contributed by atoms with Crippen LogP contribution in [-0.4, -0.2) is 63.3 Å². The van der Waals surface area contributed by atoms with Gasteiger partial charge in [-0.1, -0.05) is 41.9 Å². The zero-order valence-electron chi connectivity index (χ0n) is 19.3. The predicted molar refractivity (Wildman–Crippen MR) is 131 cm³/mol. The van der Waals surface area contributed by atoms with Gasteiger partial charge >= 0.3 is 12.0 Å². The summed E-state index contributed by atoms with van der Waals surface area (Å²) in [4.78, 5) is 30.1. The number of para-hydroxylation sites is 2. The van der Waals surface area contributed by atoms with Gasteiger partial charge in [0.15, 0.2) is 0 Å². The van der Waals surface area contributed by atoms with Gasteiger partial charge in [-0.2, -0.15) is 0 Å². The number of nitrogens with zero attached hydrogens (tertiary/aromatic N) is 2. The first kappa shape index (κ1) is 23.9. The summed E-state index contributed by atoms with van der Waals surface area (Å²) in [6, 6.07) is 14.1. The van der Waals surface area contributed by atoms with Gasteiger partial charge in [0.2, 0.25) is 0 Å². The van der Waals surface area contributed by atoms with Gasteiger partial charge in [-0.3, -0.25) is 4.90 Å². The Balaban J connectivity index is 1.57. The Kier molecular flexibility index (Phi) is 7.59. The van der Waals surface area contributed by atoms with Crippen molar-refractivity contribution in [1.29, 1.82) is 0 Å². The zero-order chi connectivity index (χ0) is 24.1. The average Bonchev–Trinajstić information content (AvgIpc) is 2.84. The normalized spacial score (nSPS) is 18.9. The SMILES string of the molecule is CCOC(=O)C1=C(CN2CCN(c3ccccc3OC)CC2)NC(=O)NC1c1ccccc1Cl. The lowest BCUT2D eigenvalue weighted by Crippen LogP contribution is -2.52. The number of methoxy groups -OCH3 is 1. The molecule has 180 valence electrons. The number of halogens is 1. The predicted octanol–water partition coefficient (Wildman–Crippen LogP) is 3.34. The number of hydrogen-bond acceptors (Lipinski definition) is 6. The Bertz CT molecular complexity index is 1080. The molecule has 2 N–H and O–H groups in total. The zero-order valence-corrected chi connectivity index (χ0v) is 20.1. The van der Waals surface area contributed by atoms with Crippen molar-refractivity contribution in [3.05, 3.63) is 70.4 Å². The number of benzene rings is 2. The minimum atomic E-state index is -0.689. The Hall–Kier alpha value is -3.23. The Labute approximate surface area is 204 Å². The maximum atomic E-state index is 13.0.